The van der Waals surface area contributed by atoms with Crippen LogP contribution in [0.15, 0.2) is 28.7 Å². The Hall–Kier alpha value is -1.13. The number of nitrogens with two attached hydrogens (primary N) is 1. The van der Waals surface area contributed by atoms with E-state index < -0.39 is 0 Å². The van der Waals surface area contributed by atoms with Crippen molar-refractivity contribution in [3.05, 3.63) is 51.3 Å². The van der Waals surface area contributed by atoms with Gasteiger partial charge in [0.25, 0.3) is 0 Å². The van der Waals surface area contributed by atoms with Crippen molar-refractivity contribution in [1.29, 1.82) is 0 Å². The maximum Gasteiger partial charge on any atom is 0.0766 e. The normalized spacial score (nSPS) is 12.6. The Labute approximate surface area is 135 Å². The van der Waals surface area contributed by atoms with Crippen LogP contribution in [0.2, 0.25) is 0 Å². The SMILES string of the molecule is CCc1nn(CC)c(CC(CN)c2cccc(C)c2)c1Br. The highest BCUT2D eigenvalue weighted by Gasteiger charge is 2.19. The van der Waals surface area contributed by atoms with Crippen LogP contribution in [0.5, 0.6) is 0 Å². The number of halogens is 1. The Morgan fingerprint density at radius 3 is 2.67 bits per heavy atom. The minimum absolute atomic E-state index is 0.327. The molecule has 1 unspecified atom stereocenters. The zero-order chi connectivity index (χ0) is 15.4. The highest BCUT2D eigenvalue weighted by atomic mass is 79.9. The fourth-order valence-corrected chi connectivity index (χ4v) is 3.43. The van der Waals surface area contributed by atoms with Crippen molar-refractivity contribution in [2.24, 2.45) is 5.73 Å². The smallest absolute Gasteiger partial charge is 0.0766 e. The second kappa shape index (κ2) is 7.23. The van der Waals surface area contributed by atoms with Gasteiger partial charge in [-0.15, -0.1) is 0 Å². The van der Waals surface area contributed by atoms with Crippen LogP contribution in [0, 0.1) is 6.92 Å². The topological polar surface area (TPSA) is 43.8 Å². The lowest BCUT2D eigenvalue weighted by molar-refractivity contribution is 0.580. The molecular formula is C17H24BrN3. The van der Waals surface area contributed by atoms with Crippen LogP contribution in [0.25, 0.3) is 0 Å². The highest BCUT2D eigenvalue weighted by molar-refractivity contribution is 9.10. The second-order valence-electron chi connectivity index (χ2n) is 5.43. The molecule has 0 bridgehead atoms. The number of nitrogens with zero attached hydrogens (tertiary/aromatic N) is 2. The first-order valence-electron chi connectivity index (χ1n) is 7.61. The molecule has 21 heavy (non-hydrogen) atoms. The molecule has 1 aromatic carbocycles. The molecule has 2 aromatic rings. The Bertz CT molecular complexity index is 604. The molecule has 1 atom stereocenters. The summed E-state index contributed by atoms with van der Waals surface area (Å²) >= 11 is 3.72. The summed E-state index contributed by atoms with van der Waals surface area (Å²) in [6, 6.07) is 8.64. The maximum absolute atomic E-state index is 6.04. The molecule has 0 aliphatic heterocycles. The van der Waals surface area contributed by atoms with Gasteiger partial charge in [0.15, 0.2) is 0 Å². The van der Waals surface area contributed by atoms with Crippen molar-refractivity contribution in [1.82, 2.24) is 9.78 Å². The van der Waals surface area contributed by atoms with Gasteiger partial charge in [0.05, 0.1) is 15.9 Å². The van der Waals surface area contributed by atoms with E-state index in [0.717, 1.165) is 29.6 Å². The molecule has 0 amide bonds. The van der Waals surface area contributed by atoms with Crippen LogP contribution < -0.4 is 5.73 Å². The van der Waals surface area contributed by atoms with E-state index in [1.165, 1.54) is 16.8 Å². The number of aryl methyl sites for hydroxylation is 3. The molecule has 0 fully saturated rings. The van der Waals surface area contributed by atoms with Crippen LogP contribution in [-0.4, -0.2) is 16.3 Å². The predicted molar refractivity (Wildman–Crippen MR) is 91.7 cm³/mol. The van der Waals surface area contributed by atoms with E-state index in [-0.39, 0.29) is 0 Å². The largest absolute Gasteiger partial charge is 0.330 e. The third kappa shape index (κ3) is 3.55. The Morgan fingerprint density at radius 2 is 2.10 bits per heavy atom. The van der Waals surface area contributed by atoms with Gasteiger partial charge in [-0.25, -0.2) is 0 Å². The van der Waals surface area contributed by atoms with Crippen molar-refractivity contribution in [3.8, 4) is 0 Å². The Morgan fingerprint density at radius 1 is 1.33 bits per heavy atom. The number of rotatable bonds is 6. The summed E-state index contributed by atoms with van der Waals surface area (Å²) in [6.07, 6.45) is 1.86. The van der Waals surface area contributed by atoms with Crippen LogP contribution in [-0.2, 0) is 19.4 Å². The third-order valence-electron chi connectivity index (χ3n) is 3.93. The monoisotopic (exact) mass is 349 g/mol. The third-order valence-corrected chi connectivity index (χ3v) is 4.85. The summed E-state index contributed by atoms with van der Waals surface area (Å²) in [5.41, 5.74) is 11.0. The molecule has 0 radical (unpaired) electrons. The van der Waals surface area contributed by atoms with Crippen LogP contribution >= 0.6 is 15.9 Å². The van der Waals surface area contributed by atoms with Crippen molar-refractivity contribution in [3.63, 3.8) is 0 Å². The van der Waals surface area contributed by atoms with Crippen molar-refractivity contribution in [2.75, 3.05) is 6.54 Å². The second-order valence-corrected chi connectivity index (χ2v) is 6.22. The van der Waals surface area contributed by atoms with Gasteiger partial charge in [0, 0.05) is 12.5 Å². The molecule has 114 valence electrons. The van der Waals surface area contributed by atoms with Crippen LogP contribution in [0.1, 0.15) is 42.3 Å². The standard InChI is InChI=1S/C17H24BrN3/c1-4-15-17(18)16(21(5-2)20-15)10-14(11-19)13-8-6-7-12(3)9-13/h6-9,14H,4-5,10-11,19H2,1-3H3. The molecule has 0 spiro atoms. The lowest BCUT2D eigenvalue weighted by atomic mass is 9.93. The summed E-state index contributed by atoms with van der Waals surface area (Å²) in [5, 5.41) is 4.67. The minimum Gasteiger partial charge on any atom is -0.330 e. The average Bonchev–Trinajstić information content (AvgIpc) is 2.80. The Balaban J connectivity index is 2.32. The van der Waals surface area contributed by atoms with Gasteiger partial charge < -0.3 is 5.73 Å². The summed E-state index contributed by atoms with van der Waals surface area (Å²) in [4.78, 5) is 0. The number of benzene rings is 1. The summed E-state index contributed by atoms with van der Waals surface area (Å²) in [6.45, 7) is 7.92. The molecule has 1 heterocycles. The van der Waals surface area contributed by atoms with Gasteiger partial charge in [0.2, 0.25) is 0 Å². The van der Waals surface area contributed by atoms with Crippen molar-refractivity contribution >= 4 is 15.9 Å². The van der Waals surface area contributed by atoms with Crippen LogP contribution in [0.4, 0.5) is 0 Å². The molecule has 3 nitrogen and oxygen atoms in total. The minimum atomic E-state index is 0.327. The molecule has 0 saturated heterocycles. The van der Waals surface area contributed by atoms with Gasteiger partial charge in [-0.1, -0.05) is 36.8 Å². The number of hydrogen-bond acceptors (Lipinski definition) is 2. The van der Waals surface area contributed by atoms with E-state index in [2.05, 4.69) is 70.7 Å². The van der Waals surface area contributed by atoms with Gasteiger partial charge in [0.1, 0.15) is 0 Å². The number of hydrogen-bond donors (Lipinski definition) is 1. The van der Waals surface area contributed by atoms with E-state index in [1.54, 1.807) is 0 Å². The first-order valence-corrected chi connectivity index (χ1v) is 8.40. The fraction of sp³-hybridized carbons (Fsp3) is 0.471. The predicted octanol–water partition coefficient (Wildman–Crippen LogP) is 3.82. The zero-order valence-electron chi connectivity index (χ0n) is 13.1. The molecular weight excluding hydrogens is 326 g/mol. The molecule has 2 N–H and O–H groups in total. The molecule has 0 saturated carbocycles. The van der Waals surface area contributed by atoms with Gasteiger partial charge in [-0.05, 0) is 54.7 Å². The van der Waals surface area contributed by atoms with Crippen molar-refractivity contribution < 1.29 is 0 Å². The summed E-state index contributed by atoms with van der Waals surface area (Å²) in [7, 11) is 0. The molecule has 1 aromatic heterocycles. The summed E-state index contributed by atoms with van der Waals surface area (Å²) < 4.78 is 3.25. The first kappa shape index (κ1) is 16.2. The lowest BCUT2D eigenvalue weighted by Crippen LogP contribution is -2.17. The van der Waals surface area contributed by atoms with Crippen LogP contribution in [0.3, 0.4) is 0 Å². The number of aromatic nitrogens is 2. The molecule has 0 aliphatic rings. The van der Waals surface area contributed by atoms with E-state index in [9.17, 15) is 0 Å². The van der Waals surface area contributed by atoms with E-state index in [4.69, 9.17) is 5.73 Å². The van der Waals surface area contributed by atoms with Gasteiger partial charge >= 0.3 is 0 Å². The first-order chi connectivity index (χ1) is 10.1. The fourth-order valence-electron chi connectivity index (χ4n) is 2.71. The van der Waals surface area contributed by atoms with Crippen molar-refractivity contribution in [2.45, 2.75) is 46.1 Å². The average molecular weight is 350 g/mol. The molecule has 4 heteroatoms. The van der Waals surface area contributed by atoms with E-state index in [0.29, 0.717) is 12.5 Å². The zero-order valence-corrected chi connectivity index (χ0v) is 14.7. The lowest BCUT2D eigenvalue weighted by Gasteiger charge is -2.17. The Kier molecular flexibility index (Phi) is 5.59. The molecule has 2 rings (SSSR count). The molecule has 0 aliphatic carbocycles. The van der Waals surface area contributed by atoms with Gasteiger partial charge in [-0.2, -0.15) is 5.10 Å². The van der Waals surface area contributed by atoms with E-state index >= 15 is 0 Å². The maximum atomic E-state index is 6.04. The quantitative estimate of drug-likeness (QED) is 0.861. The highest BCUT2D eigenvalue weighted by Crippen LogP contribution is 2.28. The van der Waals surface area contributed by atoms with Gasteiger partial charge in [-0.3, -0.25) is 4.68 Å². The summed E-state index contributed by atoms with van der Waals surface area (Å²) in [5.74, 6) is 0.327. The van der Waals surface area contributed by atoms with E-state index in [1.807, 2.05) is 0 Å².